The van der Waals surface area contributed by atoms with Gasteiger partial charge in [0.05, 0.1) is 38.0 Å². The molecule has 0 unspecified atom stereocenters. The molecule has 18 heteroatoms. The molecule has 15 nitrogen and oxygen atoms in total. The monoisotopic (exact) mass is 695 g/mol. The number of carbonyl (C=O) groups excluding carboxylic acids is 1. The second-order valence-corrected chi connectivity index (χ2v) is 14.3. The van der Waals surface area contributed by atoms with E-state index in [4.69, 9.17) is 29.4 Å². The van der Waals surface area contributed by atoms with Gasteiger partial charge in [0.15, 0.2) is 17.0 Å². The second kappa shape index (κ2) is 13.7. The lowest BCUT2D eigenvalue weighted by Crippen LogP contribution is -2.52. The van der Waals surface area contributed by atoms with Crippen molar-refractivity contribution in [3.63, 3.8) is 0 Å². The van der Waals surface area contributed by atoms with Gasteiger partial charge in [-0.25, -0.2) is 15.0 Å². The minimum Gasteiger partial charge on any atom is -0.396 e. The molecule has 5 rings (SSSR count). The Morgan fingerprint density at radius 3 is 2.26 bits per heavy atom. The molecular formula is C28H30ClN5O10S2. The number of aromatic nitrogens is 4. The van der Waals surface area contributed by atoms with Crippen molar-refractivity contribution in [2.45, 2.75) is 24.5 Å². The second-order valence-electron chi connectivity index (χ2n) is 10.6. The van der Waals surface area contributed by atoms with Gasteiger partial charge in [-0.1, -0.05) is 41.9 Å². The quantitative estimate of drug-likeness (QED) is 0.193. The Kier molecular flexibility index (Phi) is 10.0. The van der Waals surface area contributed by atoms with E-state index >= 15 is 0 Å². The third-order valence-corrected chi connectivity index (χ3v) is 8.46. The van der Waals surface area contributed by atoms with E-state index in [9.17, 15) is 26.7 Å². The fraction of sp³-hybridized carbons (Fsp3) is 0.357. The van der Waals surface area contributed by atoms with Gasteiger partial charge < -0.3 is 19.9 Å². The zero-order valence-corrected chi connectivity index (χ0v) is 26.9. The number of halogens is 1. The highest BCUT2D eigenvalue weighted by atomic mass is 35.5. The molecule has 0 bridgehead atoms. The van der Waals surface area contributed by atoms with Crippen molar-refractivity contribution in [3.05, 3.63) is 83.4 Å². The standard InChI is InChI=1S/C28H30ClN5O10S2/c1-45(37,38)42-14-28(15-43-46(2,39)40)23(41-13-18-8-10-20(29)11-9-18)21(12-35)27(44-28)34-17-32-22-24(30-16-31-25(22)34)33-26(36)19-6-4-3-5-7-19/h3-11,16-17,21,23,27,35H,12-15H2,1-2H3,(H,30,31,33,36)/t21-,23+,27-/m1/s1. The van der Waals surface area contributed by atoms with Crippen LogP contribution in [0.15, 0.2) is 67.3 Å². The van der Waals surface area contributed by atoms with Crippen LogP contribution >= 0.6 is 11.6 Å². The molecular weight excluding hydrogens is 666 g/mol. The fourth-order valence-electron chi connectivity index (χ4n) is 5.01. The van der Waals surface area contributed by atoms with Gasteiger partial charge in [-0.2, -0.15) is 16.8 Å². The summed E-state index contributed by atoms with van der Waals surface area (Å²) in [5.74, 6) is -1.31. The molecule has 1 aliphatic rings. The Bertz CT molecular complexity index is 1870. The average molecular weight is 696 g/mol. The number of nitrogens with one attached hydrogen (secondary N) is 1. The van der Waals surface area contributed by atoms with Crippen LogP contribution in [-0.2, 0) is 44.7 Å². The molecule has 2 aromatic carbocycles. The SMILES string of the molecule is CS(=O)(=O)OCC1(COS(C)(=O)=O)O[C@@H](n2cnc3c(NC(=O)c4ccccc4)ncnc32)[C@H](CO)[C@@H]1OCc1ccc(Cl)cc1. The van der Waals surface area contributed by atoms with Gasteiger partial charge in [-0.05, 0) is 29.8 Å². The molecule has 246 valence electrons. The van der Waals surface area contributed by atoms with Gasteiger partial charge in [-0.15, -0.1) is 0 Å². The molecule has 2 aromatic heterocycles. The third-order valence-electron chi connectivity index (χ3n) is 7.12. The van der Waals surface area contributed by atoms with E-state index in [1.807, 2.05) is 0 Å². The number of nitrogens with zero attached hydrogens (tertiary/aromatic N) is 4. The molecule has 1 saturated heterocycles. The largest absolute Gasteiger partial charge is 0.396 e. The fourth-order valence-corrected chi connectivity index (χ4v) is 5.97. The Labute approximate surface area is 269 Å². The van der Waals surface area contributed by atoms with E-state index in [0.717, 1.165) is 12.5 Å². The van der Waals surface area contributed by atoms with Crippen LogP contribution in [0.3, 0.4) is 0 Å². The van der Waals surface area contributed by atoms with Crippen LogP contribution in [0, 0.1) is 5.92 Å². The van der Waals surface area contributed by atoms with Gasteiger partial charge in [0, 0.05) is 10.6 Å². The van der Waals surface area contributed by atoms with E-state index in [0.29, 0.717) is 16.1 Å². The number of hydrogen-bond donors (Lipinski definition) is 2. The van der Waals surface area contributed by atoms with Crippen molar-refractivity contribution in [1.29, 1.82) is 0 Å². The van der Waals surface area contributed by atoms with Gasteiger partial charge in [0.1, 0.15) is 37.5 Å². The Hall–Kier alpha value is -3.55. The highest BCUT2D eigenvalue weighted by Gasteiger charge is 2.58. The van der Waals surface area contributed by atoms with Crippen molar-refractivity contribution >= 4 is 54.7 Å². The van der Waals surface area contributed by atoms with Crippen molar-refractivity contribution in [2.24, 2.45) is 5.92 Å². The number of amides is 1. The number of ether oxygens (including phenoxy) is 2. The summed E-state index contributed by atoms with van der Waals surface area (Å²) in [4.78, 5) is 25.7. The average Bonchev–Trinajstić information content (AvgIpc) is 3.58. The number of anilines is 1. The molecule has 3 heterocycles. The molecule has 0 spiro atoms. The smallest absolute Gasteiger partial charge is 0.264 e. The number of aliphatic hydroxyl groups excluding tert-OH is 1. The Balaban J connectivity index is 1.54. The minimum atomic E-state index is -4.07. The lowest BCUT2D eigenvalue weighted by Gasteiger charge is -2.33. The number of fused-ring (bicyclic) bond motifs is 1. The summed E-state index contributed by atoms with van der Waals surface area (Å²) in [6.45, 7) is -2.08. The van der Waals surface area contributed by atoms with Crippen LogP contribution in [0.5, 0.6) is 0 Å². The van der Waals surface area contributed by atoms with Gasteiger partial charge in [-0.3, -0.25) is 17.7 Å². The molecule has 0 aliphatic carbocycles. The van der Waals surface area contributed by atoms with Crippen LogP contribution in [0.4, 0.5) is 5.82 Å². The molecule has 0 saturated carbocycles. The first-order valence-corrected chi connectivity index (χ1v) is 17.7. The van der Waals surface area contributed by atoms with Crippen LogP contribution in [0.2, 0.25) is 5.02 Å². The van der Waals surface area contributed by atoms with E-state index in [1.54, 1.807) is 54.6 Å². The summed E-state index contributed by atoms with van der Waals surface area (Å²) in [5, 5.41) is 13.9. The maximum absolute atomic E-state index is 12.8. The van der Waals surface area contributed by atoms with Crippen molar-refractivity contribution < 1.29 is 44.6 Å². The van der Waals surface area contributed by atoms with Crippen molar-refractivity contribution in [3.8, 4) is 0 Å². The highest BCUT2D eigenvalue weighted by Crippen LogP contribution is 2.45. The number of rotatable bonds is 13. The molecule has 3 atom stereocenters. The van der Waals surface area contributed by atoms with Gasteiger partial charge >= 0.3 is 0 Å². The van der Waals surface area contributed by atoms with Crippen LogP contribution < -0.4 is 5.32 Å². The predicted octanol–water partition coefficient (Wildman–Crippen LogP) is 2.15. The summed E-state index contributed by atoms with van der Waals surface area (Å²) in [5.41, 5.74) is -0.462. The number of carbonyl (C=O) groups is 1. The third kappa shape index (κ3) is 7.87. The van der Waals surface area contributed by atoms with Gasteiger partial charge in [0.25, 0.3) is 26.1 Å². The molecule has 1 fully saturated rings. The van der Waals surface area contributed by atoms with Crippen LogP contribution in [-0.4, -0.2) is 91.4 Å². The summed E-state index contributed by atoms with van der Waals surface area (Å²) < 4.78 is 72.8. The Morgan fingerprint density at radius 1 is 1.00 bits per heavy atom. The number of hydrogen-bond acceptors (Lipinski definition) is 13. The molecule has 2 N–H and O–H groups in total. The van der Waals surface area contributed by atoms with Gasteiger partial charge in [0.2, 0.25) is 0 Å². The van der Waals surface area contributed by atoms with Crippen molar-refractivity contribution in [1.82, 2.24) is 19.5 Å². The first kappa shape index (κ1) is 33.8. The molecule has 46 heavy (non-hydrogen) atoms. The maximum atomic E-state index is 12.8. The highest BCUT2D eigenvalue weighted by molar-refractivity contribution is 7.86. The summed E-state index contributed by atoms with van der Waals surface area (Å²) in [6, 6.07) is 15.2. The predicted molar refractivity (Wildman–Crippen MR) is 165 cm³/mol. The van der Waals surface area contributed by atoms with E-state index < -0.39 is 69.8 Å². The van der Waals surface area contributed by atoms with E-state index in [-0.39, 0.29) is 23.6 Å². The number of imidazole rings is 1. The van der Waals surface area contributed by atoms with E-state index in [1.165, 1.54) is 17.2 Å². The first-order valence-electron chi connectivity index (χ1n) is 13.7. The molecule has 4 aromatic rings. The maximum Gasteiger partial charge on any atom is 0.264 e. The molecule has 1 aliphatic heterocycles. The van der Waals surface area contributed by atoms with E-state index in [2.05, 4.69) is 20.3 Å². The number of benzene rings is 2. The Morgan fingerprint density at radius 2 is 1.65 bits per heavy atom. The first-order chi connectivity index (χ1) is 21.8. The number of aliphatic hydroxyl groups is 1. The summed E-state index contributed by atoms with van der Waals surface area (Å²) >= 11 is 6.01. The lowest BCUT2D eigenvalue weighted by molar-refractivity contribution is -0.153. The zero-order valence-electron chi connectivity index (χ0n) is 24.5. The minimum absolute atomic E-state index is 0.0591. The summed E-state index contributed by atoms with van der Waals surface area (Å²) in [6.07, 6.45) is 1.83. The van der Waals surface area contributed by atoms with Crippen molar-refractivity contribution in [2.75, 3.05) is 37.6 Å². The zero-order chi connectivity index (χ0) is 33.1. The van der Waals surface area contributed by atoms with Crippen LogP contribution in [0.25, 0.3) is 11.2 Å². The van der Waals surface area contributed by atoms with Crippen LogP contribution in [0.1, 0.15) is 22.1 Å². The molecule has 1 amide bonds. The lowest BCUT2D eigenvalue weighted by atomic mass is 9.90. The normalized spacial score (nSPS) is 19.8. The summed E-state index contributed by atoms with van der Waals surface area (Å²) in [7, 11) is -8.13. The molecule has 0 radical (unpaired) electrons. The topological polar surface area (TPSA) is 198 Å².